The standard InChI is InChI=1S/C24H23ClN2O3S/c25-20-10-6-18(7-11-20)23(17-4-2-1-3-5-17)31-16-22(29)26-14-15-27-24(30)19-8-12-21(28)13-9-19/h1-13,23,28H,14-16H2,(H,26,29)(H,27,30). The van der Waals surface area contributed by atoms with Crippen molar-refractivity contribution < 1.29 is 14.7 Å². The number of benzene rings is 3. The van der Waals surface area contributed by atoms with E-state index in [1.165, 1.54) is 23.9 Å². The van der Waals surface area contributed by atoms with Gasteiger partial charge in [0.25, 0.3) is 5.91 Å². The Morgan fingerprint density at radius 3 is 2.13 bits per heavy atom. The lowest BCUT2D eigenvalue weighted by molar-refractivity contribution is -0.118. The van der Waals surface area contributed by atoms with Crippen molar-refractivity contribution in [3.05, 3.63) is 101 Å². The van der Waals surface area contributed by atoms with Gasteiger partial charge in [0.2, 0.25) is 5.91 Å². The minimum Gasteiger partial charge on any atom is -0.508 e. The van der Waals surface area contributed by atoms with Gasteiger partial charge in [-0.1, -0.05) is 54.1 Å². The van der Waals surface area contributed by atoms with Crippen molar-refractivity contribution in [1.29, 1.82) is 0 Å². The van der Waals surface area contributed by atoms with Crippen molar-refractivity contribution in [2.24, 2.45) is 0 Å². The number of hydrogen-bond acceptors (Lipinski definition) is 4. The smallest absolute Gasteiger partial charge is 0.251 e. The molecular formula is C24H23ClN2O3S. The van der Waals surface area contributed by atoms with Gasteiger partial charge >= 0.3 is 0 Å². The summed E-state index contributed by atoms with van der Waals surface area (Å²) in [5, 5.41) is 15.5. The van der Waals surface area contributed by atoms with Crippen LogP contribution >= 0.6 is 23.4 Å². The SMILES string of the molecule is O=C(CSC(c1ccccc1)c1ccc(Cl)cc1)NCCNC(=O)c1ccc(O)cc1. The average molecular weight is 455 g/mol. The highest BCUT2D eigenvalue weighted by atomic mass is 35.5. The zero-order valence-electron chi connectivity index (χ0n) is 16.8. The summed E-state index contributed by atoms with van der Waals surface area (Å²) in [7, 11) is 0. The molecule has 2 amide bonds. The highest BCUT2D eigenvalue weighted by Crippen LogP contribution is 2.35. The van der Waals surface area contributed by atoms with E-state index in [1.54, 1.807) is 12.1 Å². The number of carbonyl (C=O) groups excluding carboxylic acids is 2. The summed E-state index contributed by atoms with van der Waals surface area (Å²) < 4.78 is 0. The van der Waals surface area contributed by atoms with Gasteiger partial charge in [-0.05, 0) is 47.5 Å². The van der Waals surface area contributed by atoms with Gasteiger partial charge in [0.15, 0.2) is 0 Å². The number of aromatic hydroxyl groups is 1. The van der Waals surface area contributed by atoms with Crippen LogP contribution in [0.4, 0.5) is 0 Å². The largest absolute Gasteiger partial charge is 0.508 e. The van der Waals surface area contributed by atoms with Crippen LogP contribution in [-0.2, 0) is 4.79 Å². The molecular weight excluding hydrogens is 432 g/mol. The van der Waals surface area contributed by atoms with E-state index in [-0.39, 0.29) is 28.6 Å². The molecule has 3 N–H and O–H groups in total. The molecule has 0 spiro atoms. The zero-order valence-corrected chi connectivity index (χ0v) is 18.3. The molecule has 0 aliphatic carbocycles. The Kier molecular flexibility index (Phi) is 8.38. The topological polar surface area (TPSA) is 78.4 Å². The quantitative estimate of drug-likeness (QED) is 0.418. The van der Waals surface area contributed by atoms with E-state index in [1.807, 2.05) is 54.6 Å². The number of phenolic OH excluding ortho intramolecular Hbond substituents is 1. The molecule has 0 saturated carbocycles. The Balaban J connectivity index is 1.47. The maximum Gasteiger partial charge on any atom is 0.251 e. The van der Waals surface area contributed by atoms with Gasteiger partial charge in [-0.15, -0.1) is 11.8 Å². The van der Waals surface area contributed by atoms with Gasteiger partial charge in [-0.3, -0.25) is 9.59 Å². The van der Waals surface area contributed by atoms with E-state index in [0.29, 0.717) is 23.7 Å². The first-order valence-corrected chi connectivity index (χ1v) is 11.2. The maximum atomic E-state index is 12.3. The predicted octanol–water partition coefficient (Wildman–Crippen LogP) is 4.41. The minimum atomic E-state index is -0.254. The summed E-state index contributed by atoms with van der Waals surface area (Å²) in [5.41, 5.74) is 2.65. The second-order valence-corrected chi connectivity index (χ2v) is 8.34. The lowest BCUT2D eigenvalue weighted by Crippen LogP contribution is -2.35. The van der Waals surface area contributed by atoms with Gasteiger partial charge in [0.05, 0.1) is 11.0 Å². The summed E-state index contributed by atoms with van der Waals surface area (Å²) in [6, 6.07) is 23.7. The minimum absolute atomic E-state index is 0.0124. The van der Waals surface area contributed by atoms with Crippen molar-refractivity contribution in [1.82, 2.24) is 10.6 Å². The lowest BCUT2D eigenvalue weighted by atomic mass is 10.0. The first kappa shape index (κ1) is 22.7. The van der Waals surface area contributed by atoms with Gasteiger partial charge < -0.3 is 15.7 Å². The van der Waals surface area contributed by atoms with E-state index in [4.69, 9.17) is 11.6 Å². The van der Waals surface area contributed by atoms with Crippen LogP contribution in [0.3, 0.4) is 0 Å². The van der Waals surface area contributed by atoms with E-state index >= 15 is 0 Å². The van der Waals surface area contributed by atoms with Crippen molar-refractivity contribution >= 4 is 35.2 Å². The van der Waals surface area contributed by atoms with Crippen LogP contribution < -0.4 is 10.6 Å². The summed E-state index contributed by atoms with van der Waals surface area (Å²) >= 11 is 7.56. The highest BCUT2D eigenvalue weighted by Gasteiger charge is 2.16. The molecule has 1 atom stereocenters. The molecule has 3 aromatic carbocycles. The van der Waals surface area contributed by atoms with Crippen molar-refractivity contribution in [2.45, 2.75) is 5.25 Å². The third kappa shape index (κ3) is 7.05. The molecule has 5 nitrogen and oxygen atoms in total. The first-order chi connectivity index (χ1) is 15.0. The molecule has 0 aliphatic heterocycles. The fourth-order valence-electron chi connectivity index (χ4n) is 2.95. The van der Waals surface area contributed by atoms with E-state index < -0.39 is 0 Å². The van der Waals surface area contributed by atoms with Crippen LogP contribution in [0.15, 0.2) is 78.9 Å². The van der Waals surface area contributed by atoms with Crippen molar-refractivity contribution in [3.63, 3.8) is 0 Å². The lowest BCUT2D eigenvalue weighted by Gasteiger charge is -2.18. The van der Waals surface area contributed by atoms with Crippen molar-refractivity contribution in [3.8, 4) is 5.75 Å². The third-order valence-corrected chi connectivity index (χ3v) is 6.08. The van der Waals surface area contributed by atoms with E-state index in [0.717, 1.165) is 11.1 Å². The molecule has 0 saturated heterocycles. The fourth-order valence-corrected chi connectivity index (χ4v) is 4.20. The van der Waals surface area contributed by atoms with Crippen molar-refractivity contribution in [2.75, 3.05) is 18.8 Å². The summed E-state index contributed by atoms with van der Waals surface area (Å²) in [6.07, 6.45) is 0. The number of amides is 2. The van der Waals surface area contributed by atoms with Gasteiger partial charge in [-0.2, -0.15) is 0 Å². The molecule has 3 aromatic rings. The Hall–Kier alpha value is -2.96. The number of carbonyl (C=O) groups is 2. The number of thioether (sulfide) groups is 1. The Morgan fingerprint density at radius 2 is 1.45 bits per heavy atom. The molecule has 0 radical (unpaired) electrons. The number of nitrogens with one attached hydrogen (secondary N) is 2. The maximum absolute atomic E-state index is 12.3. The zero-order chi connectivity index (χ0) is 22.1. The highest BCUT2D eigenvalue weighted by molar-refractivity contribution is 8.00. The molecule has 0 aromatic heterocycles. The fraction of sp³-hybridized carbons (Fsp3) is 0.167. The summed E-state index contributed by atoms with van der Waals surface area (Å²) in [6.45, 7) is 0.648. The molecule has 3 rings (SSSR count). The number of phenols is 1. The van der Waals surface area contributed by atoms with E-state index in [9.17, 15) is 14.7 Å². The molecule has 7 heteroatoms. The predicted molar refractivity (Wildman–Crippen MR) is 126 cm³/mol. The molecule has 0 fully saturated rings. The number of rotatable bonds is 9. The monoisotopic (exact) mass is 454 g/mol. The van der Waals surface area contributed by atoms with Gasteiger partial charge in [0, 0.05) is 23.7 Å². The average Bonchev–Trinajstić information content (AvgIpc) is 2.79. The second kappa shape index (κ2) is 11.4. The first-order valence-electron chi connectivity index (χ1n) is 9.79. The van der Waals surface area contributed by atoms with Crippen LogP contribution in [-0.4, -0.2) is 35.8 Å². The second-order valence-electron chi connectivity index (χ2n) is 6.81. The Labute approximate surface area is 190 Å². The van der Waals surface area contributed by atoms with Crippen LogP contribution in [0, 0.1) is 0 Å². The van der Waals surface area contributed by atoms with Crippen LogP contribution in [0.2, 0.25) is 5.02 Å². The van der Waals surface area contributed by atoms with Crippen LogP contribution in [0.25, 0.3) is 0 Å². The van der Waals surface area contributed by atoms with E-state index in [2.05, 4.69) is 10.6 Å². The molecule has 0 heterocycles. The molecule has 31 heavy (non-hydrogen) atoms. The number of halogens is 1. The van der Waals surface area contributed by atoms with Gasteiger partial charge in [-0.25, -0.2) is 0 Å². The summed E-state index contributed by atoms with van der Waals surface area (Å²) in [5.74, 6) is 0.0386. The van der Waals surface area contributed by atoms with Crippen LogP contribution in [0.1, 0.15) is 26.7 Å². The Morgan fingerprint density at radius 1 is 0.839 bits per heavy atom. The molecule has 0 aliphatic rings. The molecule has 0 bridgehead atoms. The molecule has 160 valence electrons. The molecule has 1 unspecified atom stereocenters. The van der Waals surface area contributed by atoms with Gasteiger partial charge in [0.1, 0.15) is 5.75 Å². The van der Waals surface area contributed by atoms with Crippen LogP contribution in [0.5, 0.6) is 5.75 Å². The summed E-state index contributed by atoms with van der Waals surface area (Å²) in [4.78, 5) is 24.4. The third-order valence-electron chi connectivity index (χ3n) is 4.52. The Bertz CT molecular complexity index is 996. The normalized spacial score (nSPS) is 11.5. The number of hydrogen-bond donors (Lipinski definition) is 3.